The van der Waals surface area contributed by atoms with Crippen LogP contribution in [0.4, 0.5) is 0 Å². The molecular weight excluding hydrogens is 242 g/mol. The molecule has 0 aliphatic rings. The molecule has 0 heterocycles. The highest BCUT2D eigenvalue weighted by Crippen LogP contribution is 1.97. The van der Waals surface area contributed by atoms with Crippen LogP contribution in [0.25, 0.3) is 0 Å². The van der Waals surface area contributed by atoms with Crippen molar-refractivity contribution in [2.45, 2.75) is 6.92 Å². The largest absolute Gasteiger partial charge is 0.389 e. The first-order valence-corrected chi connectivity index (χ1v) is 5.93. The molecule has 0 aliphatic heterocycles. The maximum Gasteiger partial charge on any atom is 0.159 e. The Morgan fingerprint density at radius 3 is 1.50 bits per heavy atom. The molecule has 2 nitrogen and oxygen atoms in total. The Labute approximate surface area is 112 Å². The van der Waals surface area contributed by atoms with E-state index in [0.29, 0.717) is 4.99 Å². The maximum atomic E-state index is 10.6. The van der Waals surface area contributed by atoms with Gasteiger partial charge in [-0.15, -0.1) is 0 Å². The van der Waals surface area contributed by atoms with Crippen LogP contribution in [0.15, 0.2) is 60.7 Å². The topological polar surface area (TPSA) is 43.1 Å². The van der Waals surface area contributed by atoms with E-state index >= 15 is 0 Å². The van der Waals surface area contributed by atoms with Crippen LogP contribution in [0.3, 0.4) is 0 Å². The molecule has 92 valence electrons. The number of thiocarbonyl (C=S) groups is 1. The van der Waals surface area contributed by atoms with Crippen molar-refractivity contribution in [2.24, 2.45) is 5.73 Å². The number of nitrogens with two attached hydrogens (primary N) is 1. The minimum atomic E-state index is 0.121. The maximum absolute atomic E-state index is 10.6. The van der Waals surface area contributed by atoms with Gasteiger partial charge in [0.25, 0.3) is 0 Å². The normalized spacial score (nSPS) is 8.94. The fourth-order valence-electron chi connectivity index (χ4n) is 1.28. The zero-order valence-corrected chi connectivity index (χ0v) is 11.0. The van der Waals surface area contributed by atoms with Gasteiger partial charge in [0.2, 0.25) is 0 Å². The molecule has 0 saturated heterocycles. The molecule has 0 radical (unpaired) electrons. The summed E-state index contributed by atoms with van der Waals surface area (Å²) in [6.45, 7) is 1.56. The van der Waals surface area contributed by atoms with Crippen molar-refractivity contribution in [3.05, 3.63) is 71.8 Å². The van der Waals surface area contributed by atoms with Crippen molar-refractivity contribution in [3.63, 3.8) is 0 Å². The summed E-state index contributed by atoms with van der Waals surface area (Å²) in [5, 5.41) is 0. The van der Waals surface area contributed by atoms with E-state index in [1.54, 1.807) is 6.92 Å². The lowest BCUT2D eigenvalue weighted by Crippen LogP contribution is -2.08. The number of hydrogen-bond acceptors (Lipinski definition) is 2. The lowest BCUT2D eigenvalue weighted by Gasteiger charge is -1.92. The molecule has 2 rings (SSSR count). The number of hydrogen-bond donors (Lipinski definition) is 1. The molecule has 2 aromatic carbocycles. The van der Waals surface area contributed by atoms with E-state index in [1.807, 2.05) is 60.7 Å². The third-order valence-electron chi connectivity index (χ3n) is 2.24. The van der Waals surface area contributed by atoms with Crippen LogP contribution in [0.5, 0.6) is 0 Å². The summed E-state index contributed by atoms with van der Waals surface area (Å²) in [6.07, 6.45) is 0. The van der Waals surface area contributed by atoms with Gasteiger partial charge in [0, 0.05) is 11.1 Å². The fourth-order valence-corrected chi connectivity index (χ4v) is 1.41. The van der Waals surface area contributed by atoms with Gasteiger partial charge in [-0.1, -0.05) is 72.9 Å². The molecule has 18 heavy (non-hydrogen) atoms. The highest BCUT2D eigenvalue weighted by atomic mass is 32.1. The van der Waals surface area contributed by atoms with Gasteiger partial charge in [-0.3, -0.25) is 4.79 Å². The monoisotopic (exact) mass is 257 g/mol. The van der Waals surface area contributed by atoms with Crippen molar-refractivity contribution in [1.82, 2.24) is 0 Å². The molecule has 2 N–H and O–H groups in total. The van der Waals surface area contributed by atoms with Crippen molar-refractivity contribution in [1.29, 1.82) is 0 Å². The second-order valence-corrected chi connectivity index (χ2v) is 4.09. The third-order valence-corrected chi connectivity index (χ3v) is 2.47. The summed E-state index contributed by atoms with van der Waals surface area (Å²) in [5.74, 6) is 0.121. The van der Waals surface area contributed by atoms with E-state index in [9.17, 15) is 4.79 Å². The van der Waals surface area contributed by atoms with Crippen LogP contribution in [0, 0.1) is 0 Å². The van der Waals surface area contributed by atoms with Crippen LogP contribution in [0.1, 0.15) is 22.8 Å². The minimum absolute atomic E-state index is 0.121. The first-order chi connectivity index (χ1) is 8.61. The van der Waals surface area contributed by atoms with E-state index in [-0.39, 0.29) is 5.78 Å². The van der Waals surface area contributed by atoms with Crippen LogP contribution in [-0.4, -0.2) is 10.8 Å². The number of carbonyl (C=O) groups excluding carboxylic acids is 1. The number of Topliss-reactive ketones (excluding diaryl/α,β-unsaturated/α-hetero) is 1. The quantitative estimate of drug-likeness (QED) is 0.663. The molecule has 0 spiro atoms. The lowest BCUT2D eigenvalue weighted by atomic mass is 10.2. The third kappa shape index (κ3) is 4.89. The van der Waals surface area contributed by atoms with Gasteiger partial charge in [-0.25, -0.2) is 0 Å². The summed E-state index contributed by atoms with van der Waals surface area (Å²) in [4.78, 5) is 11.1. The first kappa shape index (κ1) is 14.1. The molecule has 0 saturated carbocycles. The lowest BCUT2D eigenvalue weighted by molar-refractivity contribution is 0.101. The molecule has 0 bridgehead atoms. The van der Waals surface area contributed by atoms with E-state index in [0.717, 1.165) is 11.1 Å². The van der Waals surface area contributed by atoms with Gasteiger partial charge >= 0.3 is 0 Å². The zero-order chi connectivity index (χ0) is 13.4. The number of benzene rings is 2. The SMILES string of the molecule is CC(=O)c1ccccc1.NC(=S)c1ccccc1. The van der Waals surface area contributed by atoms with Crippen LogP contribution < -0.4 is 5.73 Å². The molecule has 3 heteroatoms. The summed E-state index contributed by atoms with van der Waals surface area (Å²) >= 11 is 4.74. The van der Waals surface area contributed by atoms with Crippen molar-refractivity contribution in [2.75, 3.05) is 0 Å². The van der Waals surface area contributed by atoms with Crippen molar-refractivity contribution in [3.8, 4) is 0 Å². The molecule has 0 amide bonds. The molecule has 0 fully saturated rings. The second-order valence-electron chi connectivity index (χ2n) is 3.65. The standard InChI is InChI=1S/C8H8O.C7H7NS/c1-7(9)8-5-3-2-4-6-8;8-7(9)6-4-2-1-3-5-6/h2-6H,1H3;1-5H,(H2,8,9). The van der Waals surface area contributed by atoms with Gasteiger partial charge in [-0.2, -0.15) is 0 Å². The molecular formula is C15H15NOS. The number of carbonyl (C=O) groups is 1. The Kier molecular flexibility index (Phi) is 5.74. The Hall–Kier alpha value is -2.00. The highest BCUT2D eigenvalue weighted by Gasteiger charge is 1.92. The van der Waals surface area contributed by atoms with Crippen molar-refractivity contribution < 1.29 is 4.79 Å². The average Bonchev–Trinajstić information content (AvgIpc) is 2.41. The molecule has 0 unspecified atom stereocenters. The zero-order valence-electron chi connectivity index (χ0n) is 10.2. The minimum Gasteiger partial charge on any atom is -0.389 e. The predicted octanol–water partition coefficient (Wildman–Crippen LogP) is 3.21. The van der Waals surface area contributed by atoms with E-state index in [4.69, 9.17) is 18.0 Å². The van der Waals surface area contributed by atoms with Gasteiger partial charge in [0.1, 0.15) is 4.99 Å². The predicted molar refractivity (Wildman–Crippen MR) is 78.8 cm³/mol. The Bertz CT molecular complexity index is 459. The van der Waals surface area contributed by atoms with E-state index in [1.165, 1.54) is 0 Å². The number of ketones is 1. The molecule has 0 aromatic heterocycles. The van der Waals surface area contributed by atoms with Crippen LogP contribution in [0.2, 0.25) is 0 Å². The smallest absolute Gasteiger partial charge is 0.159 e. The molecule has 0 atom stereocenters. The van der Waals surface area contributed by atoms with Crippen LogP contribution in [-0.2, 0) is 0 Å². The fraction of sp³-hybridized carbons (Fsp3) is 0.0667. The van der Waals surface area contributed by atoms with Gasteiger partial charge in [0.15, 0.2) is 5.78 Å². The van der Waals surface area contributed by atoms with Gasteiger partial charge in [-0.05, 0) is 6.92 Å². The Morgan fingerprint density at radius 2 is 1.28 bits per heavy atom. The second kappa shape index (κ2) is 7.35. The highest BCUT2D eigenvalue weighted by molar-refractivity contribution is 7.80. The summed E-state index contributed by atoms with van der Waals surface area (Å²) < 4.78 is 0. The number of rotatable bonds is 2. The van der Waals surface area contributed by atoms with Gasteiger partial charge < -0.3 is 5.73 Å². The first-order valence-electron chi connectivity index (χ1n) is 5.52. The van der Waals surface area contributed by atoms with E-state index in [2.05, 4.69) is 0 Å². The molecule has 2 aromatic rings. The Morgan fingerprint density at radius 1 is 0.889 bits per heavy atom. The van der Waals surface area contributed by atoms with Crippen molar-refractivity contribution >= 4 is 23.0 Å². The summed E-state index contributed by atoms with van der Waals surface area (Å²) in [5.41, 5.74) is 7.04. The Balaban J connectivity index is 0.000000180. The van der Waals surface area contributed by atoms with Crippen LogP contribution >= 0.6 is 12.2 Å². The van der Waals surface area contributed by atoms with E-state index < -0.39 is 0 Å². The summed E-state index contributed by atoms with van der Waals surface area (Å²) in [6, 6.07) is 18.8. The van der Waals surface area contributed by atoms with Gasteiger partial charge in [0.05, 0.1) is 0 Å². The molecule has 0 aliphatic carbocycles. The average molecular weight is 257 g/mol. The summed E-state index contributed by atoms with van der Waals surface area (Å²) in [7, 11) is 0.